The van der Waals surface area contributed by atoms with E-state index in [4.69, 9.17) is 4.74 Å². The molecule has 2 aliphatic heterocycles. The second-order valence-corrected chi connectivity index (χ2v) is 9.61. The van der Waals surface area contributed by atoms with Crippen LogP contribution in [0.4, 0.5) is 32.2 Å². The van der Waals surface area contributed by atoms with Gasteiger partial charge in [-0.05, 0) is 54.7 Å². The molecule has 0 radical (unpaired) electrons. The number of hydrogen-bond donors (Lipinski definition) is 0. The summed E-state index contributed by atoms with van der Waals surface area (Å²) in [5, 5.41) is 0. The minimum atomic E-state index is -4.98. The van der Waals surface area contributed by atoms with Gasteiger partial charge in [-0.3, -0.25) is 4.79 Å². The van der Waals surface area contributed by atoms with E-state index in [2.05, 4.69) is 9.88 Å². The third-order valence-corrected chi connectivity index (χ3v) is 6.82. The third kappa shape index (κ3) is 5.81. The van der Waals surface area contributed by atoms with Gasteiger partial charge in [0, 0.05) is 31.7 Å². The number of carbonyl (C=O) groups is 1. The Balaban J connectivity index is 1.58. The normalized spacial score (nSPS) is 16.5. The first-order valence-corrected chi connectivity index (χ1v) is 12.6. The van der Waals surface area contributed by atoms with Crippen molar-refractivity contribution in [1.29, 1.82) is 0 Å². The van der Waals surface area contributed by atoms with Crippen molar-refractivity contribution in [2.24, 2.45) is 0 Å². The van der Waals surface area contributed by atoms with E-state index in [0.717, 1.165) is 25.9 Å². The molecule has 39 heavy (non-hydrogen) atoms. The molecule has 0 N–H and O–H groups in total. The summed E-state index contributed by atoms with van der Waals surface area (Å²) in [5.74, 6) is 0.181. The van der Waals surface area contributed by atoms with Gasteiger partial charge in [-0.2, -0.15) is 31.3 Å². The van der Waals surface area contributed by atoms with Gasteiger partial charge in [0.05, 0.1) is 17.7 Å². The predicted molar refractivity (Wildman–Crippen MR) is 132 cm³/mol. The van der Waals surface area contributed by atoms with E-state index in [1.54, 1.807) is 6.07 Å². The first kappa shape index (κ1) is 26.8. The van der Waals surface area contributed by atoms with Crippen molar-refractivity contribution in [3.63, 3.8) is 0 Å². The van der Waals surface area contributed by atoms with Crippen LogP contribution in [0.5, 0.6) is 5.88 Å². The van der Waals surface area contributed by atoms with Crippen molar-refractivity contribution < 1.29 is 35.9 Å². The highest BCUT2D eigenvalue weighted by Crippen LogP contribution is 2.38. The van der Waals surface area contributed by atoms with Crippen LogP contribution < -0.4 is 9.64 Å². The number of alkyl halides is 6. The number of anilines is 1. The Hall–Kier alpha value is -3.76. The standard InChI is InChI=1S/C28H25F6N3O2/c29-27(30,31)20-13-18(14-21(15-20)28(32,33)34)17-37-11-6-12-39-25-24(26(37)38)22(19-7-2-1-3-8-19)16-23(35-25)36-9-4-5-10-36/h1-3,7-8,13-16H,4-6,9-12,17H2. The van der Waals surface area contributed by atoms with E-state index in [1.165, 1.54) is 4.90 Å². The van der Waals surface area contributed by atoms with Gasteiger partial charge >= 0.3 is 12.4 Å². The van der Waals surface area contributed by atoms with Crippen molar-refractivity contribution in [3.8, 4) is 17.0 Å². The lowest BCUT2D eigenvalue weighted by Crippen LogP contribution is -2.35. The minimum absolute atomic E-state index is 0.0813. The minimum Gasteiger partial charge on any atom is -0.477 e. The van der Waals surface area contributed by atoms with Gasteiger partial charge < -0.3 is 14.5 Å². The van der Waals surface area contributed by atoms with Crippen LogP contribution in [-0.4, -0.2) is 42.0 Å². The van der Waals surface area contributed by atoms with Gasteiger partial charge in [0.15, 0.2) is 0 Å². The molecule has 0 atom stereocenters. The number of amides is 1. The quantitative estimate of drug-likeness (QED) is 0.336. The fourth-order valence-corrected chi connectivity index (χ4v) is 4.94. The first-order valence-electron chi connectivity index (χ1n) is 12.6. The molecule has 206 valence electrons. The molecule has 2 aromatic carbocycles. The number of pyridine rings is 1. The molecule has 0 saturated carbocycles. The van der Waals surface area contributed by atoms with E-state index in [0.29, 0.717) is 35.5 Å². The molecule has 1 saturated heterocycles. The van der Waals surface area contributed by atoms with Gasteiger partial charge in [-0.15, -0.1) is 0 Å². The fraction of sp³-hybridized carbons (Fsp3) is 0.357. The zero-order valence-corrected chi connectivity index (χ0v) is 20.8. The van der Waals surface area contributed by atoms with Crippen LogP contribution in [0.3, 0.4) is 0 Å². The number of aromatic nitrogens is 1. The Morgan fingerprint density at radius 2 is 1.46 bits per heavy atom. The Labute approximate surface area is 221 Å². The van der Waals surface area contributed by atoms with Crippen LogP contribution >= 0.6 is 0 Å². The fourth-order valence-electron chi connectivity index (χ4n) is 4.94. The Morgan fingerprint density at radius 1 is 0.821 bits per heavy atom. The monoisotopic (exact) mass is 549 g/mol. The van der Waals surface area contributed by atoms with E-state index in [9.17, 15) is 31.1 Å². The molecule has 0 bridgehead atoms. The summed E-state index contributed by atoms with van der Waals surface area (Å²) in [6.07, 6.45) is -7.62. The van der Waals surface area contributed by atoms with Gasteiger partial charge in [0.1, 0.15) is 11.4 Å². The molecule has 1 aromatic heterocycles. The maximum Gasteiger partial charge on any atom is 0.416 e. The molecule has 0 spiro atoms. The molecule has 0 unspecified atom stereocenters. The summed E-state index contributed by atoms with van der Waals surface area (Å²) in [4.78, 5) is 21.9. The SMILES string of the molecule is O=C1c2c(-c3ccccc3)cc(N3CCCC3)nc2OCCCN1Cc1cc(C(F)(F)F)cc(C(F)(F)F)c1. The molecule has 5 rings (SSSR count). The van der Waals surface area contributed by atoms with Gasteiger partial charge in [-0.1, -0.05) is 30.3 Å². The summed E-state index contributed by atoms with van der Waals surface area (Å²) in [6, 6.07) is 12.3. The van der Waals surface area contributed by atoms with Crippen LogP contribution in [0.2, 0.25) is 0 Å². The van der Waals surface area contributed by atoms with Crippen LogP contribution in [0.25, 0.3) is 11.1 Å². The number of fused-ring (bicyclic) bond motifs is 1. The third-order valence-electron chi connectivity index (χ3n) is 6.82. The summed E-state index contributed by atoms with van der Waals surface area (Å²) >= 11 is 0. The Kier molecular flexibility index (Phi) is 7.17. The summed E-state index contributed by atoms with van der Waals surface area (Å²) in [6.45, 7) is 1.43. The number of hydrogen-bond acceptors (Lipinski definition) is 4. The Bertz CT molecular complexity index is 1320. The molecular formula is C28H25F6N3O2. The Morgan fingerprint density at radius 3 is 2.08 bits per heavy atom. The molecular weight excluding hydrogens is 524 g/mol. The number of halogens is 6. The molecule has 1 fully saturated rings. The molecule has 0 aliphatic carbocycles. The maximum absolute atomic E-state index is 13.9. The topological polar surface area (TPSA) is 45.7 Å². The zero-order chi connectivity index (χ0) is 27.8. The van der Waals surface area contributed by atoms with Gasteiger partial charge in [0.2, 0.25) is 5.88 Å². The lowest BCUT2D eigenvalue weighted by atomic mass is 9.98. The van der Waals surface area contributed by atoms with E-state index in [1.807, 2.05) is 30.3 Å². The number of ether oxygens (including phenoxy) is 1. The second kappa shape index (κ2) is 10.4. The first-order chi connectivity index (χ1) is 18.5. The van der Waals surface area contributed by atoms with Crippen LogP contribution in [-0.2, 0) is 18.9 Å². The second-order valence-electron chi connectivity index (χ2n) is 9.61. The predicted octanol–water partition coefficient (Wildman–Crippen LogP) is 6.81. The number of benzene rings is 2. The average molecular weight is 550 g/mol. The van der Waals surface area contributed by atoms with Gasteiger partial charge in [-0.25, -0.2) is 0 Å². The highest BCUT2D eigenvalue weighted by molar-refractivity contribution is 6.03. The number of rotatable bonds is 4. The number of carbonyl (C=O) groups excluding carboxylic acids is 1. The molecule has 3 aromatic rings. The van der Waals surface area contributed by atoms with Crippen LogP contribution in [0.15, 0.2) is 54.6 Å². The summed E-state index contributed by atoms with van der Waals surface area (Å²) < 4.78 is 86.5. The maximum atomic E-state index is 13.9. The summed E-state index contributed by atoms with van der Waals surface area (Å²) in [5.41, 5.74) is -1.72. The van der Waals surface area contributed by atoms with Crippen LogP contribution in [0, 0.1) is 0 Å². The molecule has 5 nitrogen and oxygen atoms in total. The molecule has 1 amide bonds. The lowest BCUT2D eigenvalue weighted by Gasteiger charge is -2.29. The zero-order valence-electron chi connectivity index (χ0n) is 20.8. The molecule has 3 heterocycles. The van der Waals surface area contributed by atoms with Crippen LogP contribution in [0.1, 0.15) is 46.3 Å². The smallest absolute Gasteiger partial charge is 0.416 e. The largest absolute Gasteiger partial charge is 0.477 e. The van der Waals surface area contributed by atoms with E-state index in [-0.39, 0.29) is 36.2 Å². The van der Waals surface area contributed by atoms with Crippen molar-refractivity contribution in [2.45, 2.75) is 38.2 Å². The highest BCUT2D eigenvalue weighted by Gasteiger charge is 2.37. The molecule has 11 heteroatoms. The highest BCUT2D eigenvalue weighted by atomic mass is 19.4. The molecule has 2 aliphatic rings. The van der Waals surface area contributed by atoms with Crippen molar-refractivity contribution >= 4 is 11.7 Å². The lowest BCUT2D eigenvalue weighted by molar-refractivity contribution is -0.143. The van der Waals surface area contributed by atoms with Crippen molar-refractivity contribution in [2.75, 3.05) is 31.1 Å². The summed E-state index contributed by atoms with van der Waals surface area (Å²) in [7, 11) is 0. The van der Waals surface area contributed by atoms with Gasteiger partial charge in [0.25, 0.3) is 5.91 Å². The van der Waals surface area contributed by atoms with E-state index >= 15 is 0 Å². The van der Waals surface area contributed by atoms with E-state index < -0.39 is 35.9 Å². The van der Waals surface area contributed by atoms with Crippen molar-refractivity contribution in [3.05, 3.63) is 76.9 Å². The average Bonchev–Trinajstić information content (AvgIpc) is 3.43. The van der Waals surface area contributed by atoms with Crippen molar-refractivity contribution in [1.82, 2.24) is 9.88 Å². The number of nitrogens with zero attached hydrogens (tertiary/aromatic N) is 3.